The van der Waals surface area contributed by atoms with Gasteiger partial charge in [-0.3, -0.25) is 4.90 Å². The van der Waals surface area contributed by atoms with E-state index in [0.717, 1.165) is 0 Å². The molecule has 7 bridgehead atoms. The monoisotopic (exact) mass is 603 g/mol. The average molecular weight is 604 g/mol. The highest BCUT2D eigenvalue weighted by Gasteiger charge is 2.91. The number of hydrogen-bond donors (Lipinski definition) is 4. The van der Waals surface area contributed by atoms with Gasteiger partial charge in [0, 0.05) is 76.0 Å². The summed E-state index contributed by atoms with van der Waals surface area (Å²) in [5.74, 6) is -2.94. The maximum absolute atomic E-state index is 13.6. The van der Waals surface area contributed by atoms with Crippen LogP contribution in [0.1, 0.15) is 30.1 Å². The lowest BCUT2D eigenvalue weighted by molar-refractivity contribution is -0.320. The van der Waals surface area contributed by atoms with Gasteiger partial charge in [-0.1, -0.05) is 25.1 Å². The zero-order valence-corrected chi connectivity index (χ0v) is 25.5. The average Bonchev–Trinajstić information content (AvgIpc) is 3.39. The Labute approximate surface area is 252 Å². The minimum atomic E-state index is -1.86. The third-order valence-corrected chi connectivity index (χ3v) is 12.9. The number of hydrogen-bond acceptors (Lipinski definition) is 11. The van der Waals surface area contributed by atoms with Crippen LogP contribution < -0.4 is 0 Å². The molecule has 238 valence electrons. The number of methoxy groups -OCH3 is 4. The van der Waals surface area contributed by atoms with Crippen molar-refractivity contribution in [1.82, 2.24) is 4.90 Å². The molecule has 11 heteroatoms. The molecule has 1 aromatic rings. The van der Waals surface area contributed by atoms with E-state index >= 15 is 0 Å². The number of likely N-dealkylation sites (tertiary alicyclic amines) is 1. The van der Waals surface area contributed by atoms with E-state index in [2.05, 4.69) is 11.8 Å². The van der Waals surface area contributed by atoms with Gasteiger partial charge in [0.25, 0.3) is 0 Å². The van der Waals surface area contributed by atoms with Gasteiger partial charge < -0.3 is 44.1 Å². The molecule has 1 saturated heterocycles. The quantitative estimate of drug-likeness (QED) is 0.300. The number of carbonyl (C=O) groups excluding carboxylic acids is 1. The summed E-state index contributed by atoms with van der Waals surface area (Å²) in [6, 6.07) is 8.25. The van der Waals surface area contributed by atoms with E-state index in [0.29, 0.717) is 25.1 Å². The van der Waals surface area contributed by atoms with Crippen molar-refractivity contribution in [2.75, 3.05) is 48.1 Å². The van der Waals surface area contributed by atoms with E-state index in [4.69, 9.17) is 23.7 Å². The topological polar surface area (TPSA) is 147 Å². The van der Waals surface area contributed by atoms with Crippen molar-refractivity contribution in [2.24, 2.45) is 34.5 Å². The summed E-state index contributed by atoms with van der Waals surface area (Å²) in [6.45, 7) is 3.46. The van der Waals surface area contributed by atoms with Crippen LogP contribution in [0.4, 0.5) is 0 Å². The molecule has 0 radical (unpaired) electrons. The van der Waals surface area contributed by atoms with Gasteiger partial charge in [0.05, 0.1) is 30.5 Å². The normalized spacial score (nSPS) is 52.7. The Kier molecular flexibility index (Phi) is 6.92. The third-order valence-electron chi connectivity index (χ3n) is 12.9. The Morgan fingerprint density at radius 3 is 2.33 bits per heavy atom. The molecule has 1 aromatic carbocycles. The number of aliphatic hydroxyl groups is 4. The summed E-state index contributed by atoms with van der Waals surface area (Å²) in [6.07, 6.45) is -5.27. The fourth-order valence-electron chi connectivity index (χ4n) is 11.9. The van der Waals surface area contributed by atoms with Crippen molar-refractivity contribution < 1.29 is 48.9 Å². The SMILES string of the molecule is CCN1C[C@]2(COC)[C@H](O)C[C@H](OC)[C@@]34[C@@H]5C[C@]6(O)[C@H](OC(=O)c7ccccc7)[C@@H]5[C@@](O)(C([C@H](OC)[C@H]23)[C@@H]14)[C@@H](O)[C@@H]6OC. The molecule has 1 heterocycles. The number of aliphatic hydroxyl groups excluding tert-OH is 2. The van der Waals surface area contributed by atoms with Crippen LogP contribution in [0.25, 0.3) is 0 Å². The van der Waals surface area contributed by atoms with Gasteiger partial charge >= 0.3 is 5.97 Å². The first-order chi connectivity index (χ1) is 20.6. The molecule has 6 aliphatic rings. The van der Waals surface area contributed by atoms with E-state index in [1.54, 1.807) is 51.7 Å². The molecule has 0 aromatic heterocycles. The van der Waals surface area contributed by atoms with E-state index in [9.17, 15) is 25.2 Å². The first-order valence-corrected chi connectivity index (χ1v) is 15.5. The predicted molar refractivity (Wildman–Crippen MR) is 151 cm³/mol. The number of fused-ring (bicyclic) bond motifs is 2. The van der Waals surface area contributed by atoms with Gasteiger partial charge in [0.15, 0.2) is 0 Å². The lowest BCUT2D eigenvalue weighted by Gasteiger charge is -2.70. The Bertz CT molecular complexity index is 1250. The van der Waals surface area contributed by atoms with Crippen LogP contribution in [0.2, 0.25) is 0 Å². The fraction of sp³-hybridized carbons (Fsp3) is 0.781. The highest BCUT2D eigenvalue weighted by Crippen LogP contribution is 2.80. The zero-order chi connectivity index (χ0) is 30.7. The van der Waals surface area contributed by atoms with Gasteiger partial charge in [-0.2, -0.15) is 0 Å². The van der Waals surface area contributed by atoms with Gasteiger partial charge in [-0.15, -0.1) is 0 Å². The minimum Gasteiger partial charge on any atom is -0.455 e. The Hall–Kier alpha value is -1.67. The van der Waals surface area contributed by atoms with Crippen molar-refractivity contribution in [3.8, 4) is 0 Å². The zero-order valence-electron chi connectivity index (χ0n) is 25.5. The number of piperidine rings is 1. The van der Waals surface area contributed by atoms with Gasteiger partial charge in [0.2, 0.25) is 0 Å². The highest BCUT2D eigenvalue weighted by molar-refractivity contribution is 5.89. The van der Waals surface area contributed by atoms with Gasteiger partial charge in [0.1, 0.15) is 29.5 Å². The lowest BCUT2D eigenvalue weighted by atomic mass is 9.42. The summed E-state index contributed by atoms with van der Waals surface area (Å²) < 4.78 is 30.5. The Balaban J connectivity index is 1.48. The molecule has 1 spiro atoms. The minimum absolute atomic E-state index is 0.106. The Morgan fingerprint density at radius 1 is 1.00 bits per heavy atom. The molecule has 5 aliphatic carbocycles. The van der Waals surface area contributed by atoms with Crippen LogP contribution in [0.3, 0.4) is 0 Å². The molecule has 1 aliphatic heterocycles. The molecule has 11 nitrogen and oxygen atoms in total. The second-order valence-electron chi connectivity index (χ2n) is 13.9. The molecular formula is C32H45NO10. The van der Waals surface area contributed by atoms with Gasteiger partial charge in [-0.05, 0) is 31.0 Å². The lowest BCUT2D eigenvalue weighted by Crippen LogP contribution is -2.81. The maximum atomic E-state index is 13.6. The Morgan fingerprint density at radius 2 is 1.72 bits per heavy atom. The van der Waals surface area contributed by atoms with E-state index in [1.807, 2.05) is 0 Å². The van der Waals surface area contributed by atoms with Crippen LogP contribution in [0.5, 0.6) is 0 Å². The standard InChI is InChI=1S/C32H45NO10/c1-6-33-14-29(15-39-2)18(34)12-19(40-3)31-17-13-30(37)26(43-28(36)16-10-8-7-9-11-16)20(17)32(38,25(35)27(30)42-5)21(24(31)33)22(41-4)23(29)31/h7-11,17-27,34-35,37-38H,6,12-15H2,1-5H3/t17-,18-,19+,20-,21?,22+,23-,24-,25+,26-,27+,29+,30+,31+,32-/m1/s1. The van der Waals surface area contributed by atoms with Crippen molar-refractivity contribution in [2.45, 2.75) is 73.6 Å². The number of nitrogens with zero attached hydrogens (tertiary/aromatic N) is 1. The second-order valence-corrected chi connectivity index (χ2v) is 13.9. The van der Waals surface area contributed by atoms with Crippen LogP contribution in [0.15, 0.2) is 30.3 Å². The smallest absolute Gasteiger partial charge is 0.338 e. The van der Waals surface area contributed by atoms with Crippen LogP contribution in [-0.4, -0.2) is 133 Å². The number of benzene rings is 1. The van der Waals surface area contributed by atoms with E-state index < -0.39 is 82.4 Å². The molecule has 6 fully saturated rings. The molecule has 4 N–H and O–H groups in total. The van der Waals surface area contributed by atoms with Crippen molar-refractivity contribution in [1.29, 1.82) is 0 Å². The number of ether oxygens (including phenoxy) is 5. The summed E-state index contributed by atoms with van der Waals surface area (Å²) >= 11 is 0. The molecule has 1 unspecified atom stereocenters. The predicted octanol–water partition coefficient (Wildman–Crippen LogP) is 0.0773. The van der Waals surface area contributed by atoms with Crippen LogP contribution in [0, 0.1) is 34.5 Å². The third kappa shape index (κ3) is 3.28. The van der Waals surface area contributed by atoms with E-state index in [-0.39, 0.29) is 25.0 Å². The summed E-state index contributed by atoms with van der Waals surface area (Å²) in [5, 5.41) is 49.7. The summed E-state index contributed by atoms with van der Waals surface area (Å²) in [4.78, 5) is 15.8. The van der Waals surface area contributed by atoms with Crippen molar-refractivity contribution >= 4 is 5.97 Å². The molecule has 15 atom stereocenters. The summed E-state index contributed by atoms with van der Waals surface area (Å²) in [5.41, 5.74) is -4.81. The number of esters is 1. The first-order valence-electron chi connectivity index (χ1n) is 15.5. The number of carbonyl (C=O) groups is 1. The van der Waals surface area contributed by atoms with Crippen molar-refractivity contribution in [3.05, 3.63) is 35.9 Å². The van der Waals surface area contributed by atoms with Crippen LogP contribution >= 0.6 is 0 Å². The molecular weight excluding hydrogens is 558 g/mol. The largest absolute Gasteiger partial charge is 0.455 e. The van der Waals surface area contributed by atoms with Gasteiger partial charge in [-0.25, -0.2) is 4.79 Å². The number of rotatable bonds is 8. The second kappa shape index (κ2) is 9.91. The highest BCUT2D eigenvalue weighted by atomic mass is 16.6. The van der Waals surface area contributed by atoms with Crippen molar-refractivity contribution in [3.63, 3.8) is 0 Å². The molecule has 7 rings (SSSR count). The van der Waals surface area contributed by atoms with Crippen LogP contribution in [-0.2, 0) is 23.7 Å². The fourth-order valence-corrected chi connectivity index (χ4v) is 11.9. The van der Waals surface area contributed by atoms with E-state index in [1.165, 1.54) is 7.11 Å². The summed E-state index contributed by atoms with van der Waals surface area (Å²) in [7, 11) is 6.29. The first kappa shape index (κ1) is 30.0. The molecule has 0 amide bonds. The maximum Gasteiger partial charge on any atom is 0.338 e. The molecule has 5 saturated carbocycles. The molecule has 43 heavy (non-hydrogen) atoms.